The number of rotatable bonds is 4. The first kappa shape index (κ1) is 18.0. The molecule has 3 aliphatic rings. The summed E-state index contributed by atoms with van der Waals surface area (Å²) < 4.78 is 5.39. The van der Waals surface area contributed by atoms with E-state index < -0.39 is 0 Å². The average molecular weight is 338 g/mol. The van der Waals surface area contributed by atoms with Crippen LogP contribution in [0.4, 0.5) is 4.79 Å². The van der Waals surface area contributed by atoms with Crippen molar-refractivity contribution in [3.63, 3.8) is 0 Å². The van der Waals surface area contributed by atoms with Crippen LogP contribution in [-0.2, 0) is 4.74 Å². The van der Waals surface area contributed by atoms with Crippen LogP contribution in [0.15, 0.2) is 0 Å². The van der Waals surface area contributed by atoms with E-state index in [-0.39, 0.29) is 12.1 Å². The minimum atomic E-state index is 0.127. The fourth-order valence-electron chi connectivity index (χ4n) is 4.23. The highest BCUT2D eigenvalue weighted by atomic mass is 16.5. The number of morpholine rings is 1. The molecular formula is C18H34N4O2. The zero-order valence-electron chi connectivity index (χ0n) is 15.2. The van der Waals surface area contributed by atoms with Crippen molar-refractivity contribution in [2.24, 2.45) is 0 Å². The van der Waals surface area contributed by atoms with E-state index >= 15 is 0 Å². The number of ether oxygens (including phenoxy) is 1. The summed E-state index contributed by atoms with van der Waals surface area (Å²) in [4.78, 5) is 19.8. The number of carbonyl (C=O) groups is 1. The average Bonchev–Trinajstić information content (AvgIpc) is 3.00. The fourth-order valence-corrected chi connectivity index (χ4v) is 4.23. The van der Waals surface area contributed by atoms with Crippen molar-refractivity contribution >= 4 is 6.03 Å². The molecule has 0 aromatic heterocycles. The van der Waals surface area contributed by atoms with Crippen LogP contribution in [0, 0.1) is 0 Å². The standard InChI is InChI=1S/C18H34N4O2/c1-16(14-20-10-12-24-13-11-20)19-18(23)22-9-3-2-6-17(15-22)21-7-4-5-8-21/h16-17H,2-15H2,1H3,(H,19,23)/t16-,17+/m0/s1. The topological polar surface area (TPSA) is 48.1 Å². The third kappa shape index (κ3) is 5.07. The van der Waals surface area contributed by atoms with Gasteiger partial charge in [0.15, 0.2) is 0 Å². The lowest BCUT2D eigenvalue weighted by Gasteiger charge is -2.33. The number of nitrogens with zero attached hydrogens (tertiary/aromatic N) is 3. The summed E-state index contributed by atoms with van der Waals surface area (Å²) in [6.07, 6.45) is 6.26. The lowest BCUT2D eigenvalue weighted by Crippen LogP contribution is -2.52. The number of hydrogen-bond donors (Lipinski definition) is 1. The van der Waals surface area contributed by atoms with Gasteiger partial charge in [-0.05, 0) is 45.7 Å². The minimum Gasteiger partial charge on any atom is -0.379 e. The Kier molecular flexibility index (Phi) is 6.75. The largest absolute Gasteiger partial charge is 0.379 e. The summed E-state index contributed by atoms with van der Waals surface area (Å²) in [7, 11) is 0. The summed E-state index contributed by atoms with van der Waals surface area (Å²) in [5.74, 6) is 0. The SMILES string of the molecule is C[C@@H](CN1CCOCC1)NC(=O)N1CCCC[C@@H](N2CCCC2)C1. The van der Waals surface area contributed by atoms with Gasteiger partial charge in [0.2, 0.25) is 0 Å². The predicted octanol–water partition coefficient (Wildman–Crippen LogP) is 1.37. The Morgan fingerprint density at radius 2 is 1.79 bits per heavy atom. The van der Waals surface area contributed by atoms with Crippen LogP contribution in [0.2, 0.25) is 0 Å². The van der Waals surface area contributed by atoms with Crippen molar-refractivity contribution in [2.75, 3.05) is 59.0 Å². The Morgan fingerprint density at radius 3 is 2.54 bits per heavy atom. The number of amides is 2. The van der Waals surface area contributed by atoms with Gasteiger partial charge in [0.25, 0.3) is 0 Å². The monoisotopic (exact) mass is 338 g/mol. The van der Waals surface area contributed by atoms with Gasteiger partial charge in [-0.1, -0.05) is 6.42 Å². The second-order valence-electron chi connectivity index (χ2n) is 7.60. The highest BCUT2D eigenvalue weighted by Gasteiger charge is 2.28. The molecule has 0 aromatic rings. The Balaban J connectivity index is 1.47. The number of carbonyl (C=O) groups excluding carboxylic acids is 1. The number of nitrogens with one attached hydrogen (secondary N) is 1. The third-order valence-electron chi connectivity index (χ3n) is 5.60. The molecule has 0 unspecified atom stereocenters. The summed E-state index contributed by atoms with van der Waals surface area (Å²) >= 11 is 0. The molecule has 24 heavy (non-hydrogen) atoms. The number of hydrogen-bond acceptors (Lipinski definition) is 4. The van der Waals surface area contributed by atoms with Gasteiger partial charge in [0.05, 0.1) is 13.2 Å². The van der Waals surface area contributed by atoms with Crippen molar-refractivity contribution in [1.82, 2.24) is 20.0 Å². The van der Waals surface area contributed by atoms with Gasteiger partial charge in [-0.15, -0.1) is 0 Å². The van der Waals surface area contributed by atoms with E-state index in [9.17, 15) is 4.79 Å². The zero-order valence-corrected chi connectivity index (χ0v) is 15.2. The van der Waals surface area contributed by atoms with E-state index in [1.165, 1.54) is 38.8 Å². The van der Waals surface area contributed by atoms with Crippen molar-refractivity contribution in [1.29, 1.82) is 0 Å². The fraction of sp³-hybridized carbons (Fsp3) is 0.944. The summed E-state index contributed by atoms with van der Waals surface area (Å²) in [6.45, 7) is 10.8. The molecule has 2 atom stereocenters. The van der Waals surface area contributed by atoms with Crippen molar-refractivity contribution < 1.29 is 9.53 Å². The maximum atomic E-state index is 12.7. The molecular weight excluding hydrogens is 304 g/mol. The van der Waals surface area contributed by atoms with Gasteiger partial charge in [-0.2, -0.15) is 0 Å². The molecule has 0 bridgehead atoms. The molecule has 6 nitrogen and oxygen atoms in total. The Bertz CT molecular complexity index is 394. The van der Waals surface area contributed by atoms with Crippen molar-refractivity contribution in [2.45, 2.75) is 51.1 Å². The first-order valence-electron chi connectivity index (χ1n) is 9.82. The summed E-state index contributed by atoms with van der Waals surface area (Å²) in [5, 5.41) is 3.22. The molecule has 3 heterocycles. The van der Waals surface area contributed by atoms with Crippen LogP contribution in [-0.4, -0.2) is 91.8 Å². The van der Waals surface area contributed by atoms with E-state index in [0.717, 1.165) is 52.4 Å². The predicted molar refractivity (Wildman–Crippen MR) is 95.3 cm³/mol. The highest BCUT2D eigenvalue weighted by Crippen LogP contribution is 2.20. The molecule has 3 saturated heterocycles. The van der Waals surface area contributed by atoms with Crippen LogP contribution >= 0.6 is 0 Å². The summed E-state index contributed by atoms with van der Waals surface area (Å²) in [6, 6.07) is 0.876. The van der Waals surface area contributed by atoms with Gasteiger partial charge in [-0.25, -0.2) is 4.79 Å². The van der Waals surface area contributed by atoms with Crippen LogP contribution in [0.5, 0.6) is 0 Å². The van der Waals surface area contributed by atoms with Crippen LogP contribution in [0.25, 0.3) is 0 Å². The van der Waals surface area contributed by atoms with Gasteiger partial charge >= 0.3 is 6.03 Å². The van der Waals surface area contributed by atoms with E-state index in [1.54, 1.807) is 0 Å². The molecule has 0 saturated carbocycles. The first-order valence-corrected chi connectivity index (χ1v) is 9.82. The maximum absolute atomic E-state index is 12.7. The van der Waals surface area contributed by atoms with Crippen LogP contribution < -0.4 is 5.32 Å². The molecule has 0 spiro atoms. The molecule has 0 aromatic carbocycles. The number of likely N-dealkylation sites (tertiary alicyclic amines) is 2. The smallest absolute Gasteiger partial charge is 0.317 e. The van der Waals surface area contributed by atoms with E-state index in [4.69, 9.17) is 4.74 Å². The first-order chi connectivity index (χ1) is 11.7. The quantitative estimate of drug-likeness (QED) is 0.841. The van der Waals surface area contributed by atoms with Crippen molar-refractivity contribution in [3.05, 3.63) is 0 Å². The highest BCUT2D eigenvalue weighted by molar-refractivity contribution is 5.74. The Hall–Kier alpha value is -0.850. The van der Waals surface area contributed by atoms with E-state index in [0.29, 0.717) is 6.04 Å². The van der Waals surface area contributed by atoms with Gasteiger partial charge < -0.3 is 15.0 Å². The Labute approximate surface area is 146 Å². The second kappa shape index (κ2) is 9.02. The molecule has 138 valence electrons. The van der Waals surface area contributed by atoms with Crippen LogP contribution in [0.1, 0.15) is 39.0 Å². The molecule has 3 fully saturated rings. The molecule has 2 amide bonds. The molecule has 3 rings (SSSR count). The lowest BCUT2D eigenvalue weighted by molar-refractivity contribution is 0.0346. The van der Waals surface area contributed by atoms with Gasteiger partial charge in [-0.3, -0.25) is 9.80 Å². The van der Waals surface area contributed by atoms with Crippen LogP contribution in [0.3, 0.4) is 0 Å². The van der Waals surface area contributed by atoms with E-state index in [1.807, 2.05) is 0 Å². The molecule has 0 radical (unpaired) electrons. The Morgan fingerprint density at radius 1 is 1.08 bits per heavy atom. The van der Waals surface area contributed by atoms with Gasteiger partial charge in [0.1, 0.15) is 0 Å². The normalized spacial score (nSPS) is 28.5. The third-order valence-corrected chi connectivity index (χ3v) is 5.60. The molecule has 6 heteroatoms. The molecule has 3 aliphatic heterocycles. The second-order valence-corrected chi connectivity index (χ2v) is 7.60. The maximum Gasteiger partial charge on any atom is 0.317 e. The minimum absolute atomic E-state index is 0.127. The molecule has 1 N–H and O–H groups in total. The van der Waals surface area contributed by atoms with E-state index in [2.05, 4.69) is 26.9 Å². The van der Waals surface area contributed by atoms with Gasteiger partial charge in [0, 0.05) is 44.8 Å². The molecule has 0 aliphatic carbocycles. The lowest BCUT2D eigenvalue weighted by atomic mass is 10.1. The number of urea groups is 1. The van der Waals surface area contributed by atoms with Crippen molar-refractivity contribution in [3.8, 4) is 0 Å². The summed E-state index contributed by atoms with van der Waals surface area (Å²) in [5.41, 5.74) is 0. The zero-order chi connectivity index (χ0) is 16.8.